The molecule has 0 spiro atoms. The smallest absolute Gasteiger partial charge is 0.191 e. The van der Waals surface area contributed by atoms with Crippen LogP contribution in [-0.4, -0.2) is 53.9 Å². The van der Waals surface area contributed by atoms with Crippen LogP contribution in [0.1, 0.15) is 40.0 Å². The minimum Gasteiger partial charge on any atom is -0.388 e. The van der Waals surface area contributed by atoms with Crippen molar-refractivity contribution in [3.63, 3.8) is 0 Å². The van der Waals surface area contributed by atoms with Crippen LogP contribution in [0, 0.1) is 0 Å². The lowest BCUT2D eigenvalue weighted by molar-refractivity contribution is 0.0418. The highest BCUT2D eigenvalue weighted by Crippen LogP contribution is 2.25. The molecule has 0 aliphatic carbocycles. The average Bonchev–Trinajstić information content (AvgIpc) is 3.08. The van der Waals surface area contributed by atoms with Crippen molar-refractivity contribution in [3.8, 4) is 0 Å². The molecule has 3 N–H and O–H groups in total. The maximum atomic E-state index is 10.4. The van der Waals surface area contributed by atoms with Gasteiger partial charge in [-0.15, -0.1) is 24.0 Å². The molecule has 8 heteroatoms. The van der Waals surface area contributed by atoms with Gasteiger partial charge in [-0.2, -0.15) is 0 Å². The van der Waals surface area contributed by atoms with Crippen molar-refractivity contribution in [2.24, 2.45) is 4.99 Å². The first-order valence-electron chi connectivity index (χ1n) is 9.14. The van der Waals surface area contributed by atoms with Crippen LogP contribution in [0.25, 0.3) is 0 Å². The minimum atomic E-state index is -0.731. The number of aromatic nitrogens is 1. The summed E-state index contributed by atoms with van der Waals surface area (Å²) in [5.41, 5.74) is -0.731. The third-order valence-corrected chi connectivity index (χ3v) is 5.05. The summed E-state index contributed by atoms with van der Waals surface area (Å²) in [5.74, 6) is 1.59. The van der Waals surface area contributed by atoms with Crippen molar-refractivity contribution >= 4 is 47.4 Å². The Morgan fingerprint density at radius 2 is 2.15 bits per heavy atom. The van der Waals surface area contributed by atoms with Gasteiger partial charge in [0.05, 0.1) is 17.2 Å². The summed E-state index contributed by atoms with van der Waals surface area (Å²) in [7, 11) is 0. The molecule has 2 rings (SSSR count). The van der Waals surface area contributed by atoms with Gasteiger partial charge < -0.3 is 20.6 Å². The lowest BCUT2D eigenvalue weighted by Gasteiger charge is -2.24. The Balaban J connectivity index is 0.00000338. The number of aliphatic hydroxyl groups is 1. The van der Waals surface area contributed by atoms with Crippen LogP contribution in [0.4, 0.5) is 5.82 Å². The molecule has 1 aromatic heterocycles. The van der Waals surface area contributed by atoms with Gasteiger partial charge in [0.2, 0.25) is 0 Å². The highest BCUT2D eigenvalue weighted by Gasteiger charge is 2.26. The van der Waals surface area contributed by atoms with Crippen molar-refractivity contribution in [1.82, 2.24) is 15.6 Å². The Kier molecular flexibility index (Phi) is 9.95. The van der Waals surface area contributed by atoms with Crippen molar-refractivity contribution in [3.05, 3.63) is 23.4 Å². The molecule has 1 unspecified atom stereocenters. The molecule has 1 aromatic rings. The summed E-state index contributed by atoms with van der Waals surface area (Å²) < 4.78 is 0. The predicted molar refractivity (Wildman–Crippen MR) is 120 cm³/mol. The first-order valence-corrected chi connectivity index (χ1v) is 9.51. The highest BCUT2D eigenvalue weighted by atomic mass is 127. The molecule has 0 radical (unpaired) electrons. The summed E-state index contributed by atoms with van der Waals surface area (Å²) in [6, 6.07) is 3.98. The molecule has 6 nitrogen and oxygen atoms in total. The maximum Gasteiger partial charge on any atom is 0.191 e. The topological polar surface area (TPSA) is 72.8 Å². The van der Waals surface area contributed by atoms with E-state index in [-0.39, 0.29) is 30.0 Å². The van der Waals surface area contributed by atoms with E-state index < -0.39 is 5.60 Å². The number of nitrogens with zero attached hydrogens (tertiary/aromatic N) is 3. The Labute approximate surface area is 178 Å². The van der Waals surface area contributed by atoms with E-state index in [9.17, 15) is 5.11 Å². The van der Waals surface area contributed by atoms with Crippen LogP contribution in [0.15, 0.2) is 23.3 Å². The van der Waals surface area contributed by atoms with Crippen molar-refractivity contribution in [1.29, 1.82) is 0 Å². The molecule has 1 fully saturated rings. The Hall–Kier alpha value is -0.800. The largest absolute Gasteiger partial charge is 0.388 e. The molecule has 1 aliphatic rings. The zero-order valence-corrected chi connectivity index (χ0v) is 18.9. The average molecular weight is 496 g/mol. The van der Waals surface area contributed by atoms with Gasteiger partial charge in [0, 0.05) is 31.9 Å². The quantitative estimate of drug-likeness (QED) is 0.308. The van der Waals surface area contributed by atoms with Crippen molar-refractivity contribution < 1.29 is 5.11 Å². The SMILES string of the molecule is CCNC(=NCC(O)(CC)CC)NC1CCN(c2ncccc2Cl)C1.I. The van der Waals surface area contributed by atoms with Crippen LogP contribution >= 0.6 is 35.6 Å². The van der Waals surface area contributed by atoms with E-state index in [0.717, 1.165) is 37.8 Å². The predicted octanol–water partition coefficient (Wildman–Crippen LogP) is 3.04. The molecule has 148 valence electrons. The molecule has 2 heterocycles. The molecule has 1 atom stereocenters. The van der Waals surface area contributed by atoms with Gasteiger partial charge in [-0.3, -0.25) is 4.99 Å². The number of pyridine rings is 1. The molecule has 0 bridgehead atoms. The standard InChI is InChI=1S/C18H30ClN5O.HI/c1-4-18(25,5-2)13-22-17(20-6-3)23-14-9-11-24(12-14)16-15(19)8-7-10-21-16;/h7-8,10,14,25H,4-6,9,11-13H2,1-3H3,(H2,20,22,23);1H. The Morgan fingerprint density at radius 3 is 2.77 bits per heavy atom. The molecular weight excluding hydrogens is 465 g/mol. The second-order valence-corrected chi connectivity index (χ2v) is 6.92. The Morgan fingerprint density at radius 1 is 1.42 bits per heavy atom. The third kappa shape index (κ3) is 6.42. The van der Waals surface area contributed by atoms with Gasteiger partial charge in [0.15, 0.2) is 5.96 Å². The van der Waals surface area contributed by atoms with Crippen LogP contribution in [0.2, 0.25) is 5.02 Å². The van der Waals surface area contributed by atoms with Gasteiger partial charge in [0.25, 0.3) is 0 Å². The minimum absolute atomic E-state index is 0. The highest BCUT2D eigenvalue weighted by molar-refractivity contribution is 14.0. The molecule has 1 saturated heterocycles. The zero-order chi connectivity index (χ0) is 18.3. The number of rotatable bonds is 7. The number of hydrogen-bond acceptors (Lipinski definition) is 4. The number of nitrogens with one attached hydrogen (secondary N) is 2. The summed E-state index contributed by atoms with van der Waals surface area (Å²) in [4.78, 5) is 11.2. The van der Waals surface area contributed by atoms with E-state index in [2.05, 4.69) is 25.5 Å². The zero-order valence-electron chi connectivity index (χ0n) is 15.8. The number of aliphatic imine (C=N–C) groups is 1. The van der Waals surface area contributed by atoms with Crippen LogP contribution in [0.3, 0.4) is 0 Å². The number of guanidine groups is 1. The van der Waals surface area contributed by atoms with E-state index in [4.69, 9.17) is 11.6 Å². The van der Waals surface area contributed by atoms with Crippen molar-refractivity contribution in [2.75, 3.05) is 31.1 Å². The van der Waals surface area contributed by atoms with Gasteiger partial charge in [-0.25, -0.2) is 4.98 Å². The van der Waals surface area contributed by atoms with E-state index in [1.165, 1.54) is 0 Å². The van der Waals surface area contributed by atoms with Gasteiger partial charge >= 0.3 is 0 Å². The fourth-order valence-electron chi connectivity index (χ4n) is 2.89. The van der Waals surface area contributed by atoms with Gasteiger partial charge in [-0.05, 0) is 38.3 Å². The summed E-state index contributed by atoms with van der Waals surface area (Å²) in [5, 5.41) is 17.9. The lowest BCUT2D eigenvalue weighted by Crippen LogP contribution is -2.45. The normalized spacial score (nSPS) is 17.8. The number of anilines is 1. The fourth-order valence-corrected chi connectivity index (χ4v) is 3.13. The second kappa shape index (κ2) is 11.1. The van der Waals surface area contributed by atoms with E-state index in [1.54, 1.807) is 6.20 Å². The van der Waals surface area contributed by atoms with Gasteiger partial charge in [-0.1, -0.05) is 25.4 Å². The summed E-state index contributed by atoms with van der Waals surface area (Å²) in [6.07, 6.45) is 4.15. The monoisotopic (exact) mass is 495 g/mol. The van der Waals surface area contributed by atoms with E-state index in [0.29, 0.717) is 24.4 Å². The van der Waals surface area contributed by atoms with E-state index >= 15 is 0 Å². The molecule has 26 heavy (non-hydrogen) atoms. The van der Waals surface area contributed by atoms with Crippen LogP contribution in [0.5, 0.6) is 0 Å². The molecule has 0 saturated carbocycles. The second-order valence-electron chi connectivity index (χ2n) is 6.51. The first-order chi connectivity index (χ1) is 12.0. The van der Waals surface area contributed by atoms with E-state index in [1.807, 2.05) is 32.9 Å². The molecular formula is C18H31ClIN5O. The van der Waals surface area contributed by atoms with Gasteiger partial charge in [0.1, 0.15) is 5.82 Å². The first kappa shape index (κ1) is 23.2. The maximum absolute atomic E-state index is 10.4. The van der Waals surface area contributed by atoms with Crippen LogP contribution in [-0.2, 0) is 0 Å². The fraction of sp³-hybridized carbons (Fsp3) is 0.667. The van der Waals surface area contributed by atoms with Crippen LogP contribution < -0.4 is 15.5 Å². The number of halogens is 2. The molecule has 0 aromatic carbocycles. The molecule has 0 amide bonds. The molecule has 1 aliphatic heterocycles. The summed E-state index contributed by atoms with van der Waals surface area (Å²) >= 11 is 6.25. The Bertz CT molecular complexity index is 582. The third-order valence-electron chi connectivity index (χ3n) is 4.76. The van der Waals surface area contributed by atoms with Crippen molar-refractivity contribution in [2.45, 2.75) is 51.7 Å². The number of hydrogen-bond donors (Lipinski definition) is 3. The lowest BCUT2D eigenvalue weighted by atomic mass is 9.98. The summed E-state index contributed by atoms with van der Waals surface area (Å²) in [6.45, 7) is 8.94.